The van der Waals surface area contributed by atoms with E-state index in [1.54, 1.807) is 6.08 Å². The second-order valence-electron chi connectivity index (χ2n) is 7.89. The summed E-state index contributed by atoms with van der Waals surface area (Å²) >= 11 is 0. The van der Waals surface area contributed by atoms with Gasteiger partial charge in [0.05, 0.1) is 22.8 Å². The molecule has 0 atom stereocenters. The first-order valence-electron chi connectivity index (χ1n) is 11.2. The Labute approximate surface area is 198 Å². The Morgan fingerprint density at radius 3 is 2.32 bits per heavy atom. The van der Waals surface area contributed by atoms with Crippen LogP contribution in [0.5, 0.6) is 5.75 Å². The molecular formula is C27H25N3O4. The molecule has 0 radical (unpaired) electrons. The first-order valence-corrected chi connectivity index (χ1v) is 11.2. The molecule has 0 fully saturated rings. The molecule has 1 aliphatic heterocycles. The van der Waals surface area contributed by atoms with Crippen LogP contribution in [0.25, 0.3) is 6.08 Å². The van der Waals surface area contributed by atoms with Gasteiger partial charge >= 0.3 is 0 Å². The van der Waals surface area contributed by atoms with Gasteiger partial charge in [-0.15, -0.1) is 0 Å². The fourth-order valence-corrected chi connectivity index (χ4v) is 3.61. The Hall–Kier alpha value is -4.26. The lowest BCUT2D eigenvalue weighted by Crippen LogP contribution is -2.21. The van der Waals surface area contributed by atoms with Crippen LogP contribution in [0, 0.1) is 10.1 Å². The topological polar surface area (TPSA) is 85.0 Å². The molecule has 0 unspecified atom stereocenters. The third kappa shape index (κ3) is 5.20. The Bertz CT molecular complexity index is 1220. The minimum Gasteiger partial charge on any atom is -0.494 e. The molecule has 0 aliphatic carbocycles. The van der Waals surface area contributed by atoms with Gasteiger partial charge in [-0.05, 0) is 42.3 Å². The number of hydrogen-bond donors (Lipinski definition) is 0. The van der Waals surface area contributed by atoms with Crippen LogP contribution >= 0.6 is 0 Å². The van der Waals surface area contributed by atoms with E-state index in [-0.39, 0.29) is 11.6 Å². The minimum absolute atomic E-state index is 0.0459. The highest BCUT2D eigenvalue weighted by molar-refractivity contribution is 6.37. The van der Waals surface area contributed by atoms with Crippen LogP contribution in [0.2, 0.25) is 0 Å². The summed E-state index contributed by atoms with van der Waals surface area (Å²) in [5, 5.41) is 16.8. The zero-order valence-electron chi connectivity index (χ0n) is 18.9. The van der Waals surface area contributed by atoms with Crippen LogP contribution < -0.4 is 9.75 Å². The van der Waals surface area contributed by atoms with Crippen LogP contribution in [-0.2, 0) is 4.79 Å². The highest BCUT2D eigenvalue weighted by atomic mass is 16.6. The number of hydrazone groups is 1. The van der Waals surface area contributed by atoms with Gasteiger partial charge in [-0.1, -0.05) is 62.2 Å². The summed E-state index contributed by atoms with van der Waals surface area (Å²) in [6.07, 6.45) is 5.11. The summed E-state index contributed by atoms with van der Waals surface area (Å²) < 4.78 is 5.78. The molecule has 0 N–H and O–H groups in total. The molecule has 0 saturated heterocycles. The first kappa shape index (κ1) is 22.9. The molecule has 1 heterocycles. The zero-order chi connectivity index (χ0) is 23.9. The molecule has 7 heteroatoms. The largest absolute Gasteiger partial charge is 0.494 e. The molecule has 3 aromatic carbocycles. The number of rotatable bonds is 9. The van der Waals surface area contributed by atoms with Gasteiger partial charge in [0.2, 0.25) is 0 Å². The van der Waals surface area contributed by atoms with E-state index in [9.17, 15) is 14.9 Å². The van der Waals surface area contributed by atoms with E-state index in [1.807, 2.05) is 54.6 Å². The van der Waals surface area contributed by atoms with Gasteiger partial charge in [0.1, 0.15) is 11.5 Å². The van der Waals surface area contributed by atoms with Crippen molar-refractivity contribution in [3.05, 3.63) is 106 Å². The maximum atomic E-state index is 13.4. The standard InChI is InChI=1S/C27H25N3O4/c1-2-3-7-18-34-24-16-10-20(11-17-24)19-25-26(21-8-5-4-6-9-21)28-29(27(25)31)22-12-14-23(15-13-22)30(32)33/h4-6,8-17,19H,2-3,7,18H2,1H3. The molecular weight excluding hydrogens is 430 g/mol. The summed E-state index contributed by atoms with van der Waals surface area (Å²) in [4.78, 5) is 23.9. The van der Waals surface area contributed by atoms with Crippen molar-refractivity contribution in [3.63, 3.8) is 0 Å². The van der Waals surface area contributed by atoms with E-state index in [2.05, 4.69) is 12.0 Å². The highest BCUT2D eigenvalue weighted by Crippen LogP contribution is 2.29. The van der Waals surface area contributed by atoms with Crippen LogP contribution in [-0.4, -0.2) is 23.1 Å². The Morgan fingerprint density at radius 2 is 1.68 bits per heavy atom. The van der Waals surface area contributed by atoms with E-state index in [0.717, 1.165) is 36.1 Å². The number of benzene rings is 3. The number of ether oxygens (including phenoxy) is 1. The van der Waals surface area contributed by atoms with Gasteiger partial charge < -0.3 is 4.74 Å². The molecule has 1 aliphatic rings. The summed E-state index contributed by atoms with van der Waals surface area (Å²) in [6, 6.07) is 22.8. The van der Waals surface area contributed by atoms with Crippen LogP contribution in [0.3, 0.4) is 0 Å². The maximum Gasteiger partial charge on any atom is 0.281 e. The second kappa shape index (κ2) is 10.6. The number of nitro benzene ring substituents is 1. The lowest BCUT2D eigenvalue weighted by atomic mass is 10.0. The summed E-state index contributed by atoms with van der Waals surface area (Å²) in [7, 11) is 0. The molecule has 172 valence electrons. The van der Waals surface area contributed by atoms with Crippen LogP contribution in [0.15, 0.2) is 89.5 Å². The first-order chi connectivity index (χ1) is 16.6. The van der Waals surface area contributed by atoms with Crippen molar-refractivity contribution >= 4 is 29.1 Å². The average molecular weight is 456 g/mol. The number of nitrogens with zero attached hydrogens (tertiary/aromatic N) is 3. The average Bonchev–Trinajstić information content (AvgIpc) is 3.19. The van der Waals surface area contributed by atoms with Gasteiger partial charge in [-0.3, -0.25) is 14.9 Å². The SMILES string of the molecule is CCCCCOc1ccc(C=C2C(=O)N(c3ccc([N+](=O)[O-])cc3)N=C2c2ccccc2)cc1. The van der Waals surface area contributed by atoms with E-state index < -0.39 is 4.92 Å². The molecule has 34 heavy (non-hydrogen) atoms. The van der Waals surface area contributed by atoms with Crippen molar-refractivity contribution in [2.24, 2.45) is 5.10 Å². The number of hydrogen-bond acceptors (Lipinski definition) is 5. The summed E-state index contributed by atoms with van der Waals surface area (Å²) in [5.41, 5.74) is 3.06. The lowest BCUT2D eigenvalue weighted by Gasteiger charge is -2.11. The molecule has 0 saturated carbocycles. The van der Waals surface area contributed by atoms with E-state index in [4.69, 9.17) is 4.74 Å². The van der Waals surface area contributed by atoms with E-state index in [1.165, 1.54) is 29.3 Å². The number of amides is 1. The number of non-ortho nitro benzene ring substituents is 1. The maximum absolute atomic E-state index is 13.4. The number of nitro groups is 1. The fraction of sp³-hybridized carbons (Fsp3) is 0.185. The molecule has 7 nitrogen and oxygen atoms in total. The minimum atomic E-state index is -0.475. The zero-order valence-corrected chi connectivity index (χ0v) is 18.9. The van der Waals surface area contributed by atoms with Gasteiger partial charge in [-0.2, -0.15) is 10.1 Å². The molecule has 0 spiro atoms. The number of unbranched alkanes of at least 4 members (excludes halogenated alkanes) is 2. The van der Waals surface area contributed by atoms with Gasteiger partial charge in [0, 0.05) is 17.7 Å². The van der Waals surface area contributed by atoms with Gasteiger partial charge in [-0.25, -0.2) is 0 Å². The second-order valence-corrected chi connectivity index (χ2v) is 7.89. The van der Waals surface area contributed by atoms with Gasteiger partial charge in [0.25, 0.3) is 11.6 Å². The monoisotopic (exact) mass is 455 g/mol. The smallest absolute Gasteiger partial charge is 0.281 e. The molecule has 1 amide bonds. The molecule has 4 rings (SSSR count). The van der Waals surface area contributed by atoms with Crippen LogP contribution in [0.4, 0.5) is 11.4 Å². The fourth-order valence-electron chi connectivity index (χ4n) is 3.61. The highest BCUT2D eigenvalue weighted by Gasteiger charge is 2.32. The predicted octanol–water partition coefficient (Wildman–Crippen LogP) is 6.00. The summed E-state index contributed by atoms with van der Waals surface area (Å²) in [5.74, 6) is 0.494. The lowest BCUT2D eigenvalue weighted by molar-refractivity contribution is -0.384. The third-order valence-corrected chi connectivity index (χ3v) is 5.44. The number of carbonyl (C=O) groups excluding carboxylic acids is 1. The Morgan fingerprint density at radius 1 is 0.971 bits per heavy atom. The van der Waals surface area contributed by atoms with E-state index >= 15 is 0 Å². The number of anilines is 1. The molecule has 3 aromatic rings. The third-order valence-electron chi connectivity index (χ3n) is 5.44. The summed E-state index contributed by atoms with van der Waals surface area (Å²) in [6.45, 7) is 2.84. The van der Waals surface area contributed by atoms with Crippen molar-refractivity contribution in [2.45, 2.75) is 26.2 Å². The molecule has 0 aromatic heterocycles. The quantitative estimate of drug-likeness (QED) is 0.171. The van der Waals surface area contributed by atoms with Crippen LogP contribution in [0.1, 0.15) is 37.3 Å². The molecule has 0 bridgehead atoms. The van der Waals surface area contributed by atoms with Crippen molar-refractivity contribution in [1.82, 2.24) is 0 Å². The van der Waals surface area contributed by atoms with Crippen molar-refractivity contribution in [2.75, 3.05) is 11.6 Å². The number of carbonyl (C=O) groups is 1. The van der Waals surface area contributed by atoms with Crippen molar-refractivity contribution < 1.29 is 14.5 Å². The van der Waals surface area contributed by atoms with Crippen molar-refractivity contribution in [3.8, 4) is 5.75 Å². The van der Waals surface area contributed by atoms with E-state index in [0.29, 0.717) is 23.6 Å². The Balaban J connectivity index is 1.62. The normalized spacial score (nSPS) is 14.4. The Kier molecular flexibility index (Phi) is 7.13. The van der Waals surface area contributed by atoms with Crippen molar-refractivity contribution in [1.29, 1.82) is 0 Å². The van der Waals surface area contributed by atoms with Gasteiger partial charge in [0.15, 0.2) is 0 Å². The predicted molar refractivity (Wildman–Crippen MR) is 133 cm³/mol.